The number of rotatable bonds is 7. The van der Waals surface area contributed by atoms with Crippen molar-refractivity contribution in [2.24, 2.45) is 0 Å². The summed E-state index contributed by atoms with van der Waals surface area (Å²) in [5.74, 6) is -0.685. The minimum Gasteiger partial charge on any atom is -0.363 e. The van der Waals surface area contributed by atoms with E-state index in [1.807, 2.05) is 12.1 Å². The lowest BCUT2D eigenvalue weighted by Crippen LogP contribution is -2.36. The van der Waals surface area contributed by atoms with E-state index in [9.17, 15) is 14.0 Å². The Morgan fingerprint density at radius 3 is 2.12 bits per heavy atom. The topological polar surface area (TPSA) is 56.4 Å². The van der Waals surface area contributed by atoms with E-state index >= 15 is 0 Å². The average Bonchev–Trinajstić information content (AvgIpc) is 3.35. The molecule has 0 bridgehead atoms. The molecule has 1 aliphatic rings. The number of amides is 1. The number of aromatic nitrogens is 1. The van der Waals surface area contributed by atoms with Crippen LogP contribution in [0.4, 0.5) is 10.1 Å². The first-order valence-electron chi connectivity index (χ1n) is 14.1. The third-order valence-electron chi connectivity index (χ3n) is 7.88. The van der Waals surface area contributed by atoms with E-state index in [2.05, 4.69) is 90.5 Å². The first-order chi connectivity index (χ1) is 20.3. The monoisotopic (exact) mass is 557 g/mol. The third kappa shape index (κ3) is 5.36. The Morgan fingerprint density at radius 1 is 0.905 bits per heavy atom. The maximum Gasteiger partial charge on any atom is 0.257 e. The molecule has 0 saturated heterocycles. The number of hydrogen-bond acceptors (Lipinski definition) is 3. The van der Waals surface area contributed by atoms with Crippen LogP contribution in [0.5, 0.6) is 0 Å². The molecule has 1 aromatic heterocycles. The zero-order valence-corrected chi connectivity index (χ0v) is 23.7. The van der Waals surface area contributed by atoms with E-state index in [1.165, 1.54) is 35.4 Å². The van der Waals surface area contributed by atoms with Crippen molar-refractivity contribution < 1.29 is 14.0 Å². The molecule has 42 heavy (non-hydrogen) atoms. The molecule has 0 saturated carbocycles. The number of nitrogens with zero attached hydrogens (tertiary/aromatic N) is 2. The molecular weight excluding hydrogens is 525 g/mol. The number of halogens is 1. The minimum absolute atomic E-state index is 0.281. The predicted molar refractivity (Wildman–Crippen MR) is 166 cm³/mol. The Hall–Kier alpha value is -4.97. The average molecular weight is 558 g/mol. The second-order valence-corrected chi connectivity index (χ2v) is 11.5. The van der Waals surface area contributed by atoms with Crippen molar-refractivity contribution in [3.63, 3.8) is 0 Å². The van der Waals surface area contributed by atoms with Crippen molar-refractivity contribution in [2.45, 2.75) is 32.4 Å². The van der Waals surface area contributed by atoms with Gasteiger partial charge in [0.1, 0.15) is 5.82 Å². The zero-order chi connectivity index (χ0) is 29.3. The van der Waals surface area contributed by atoms with Gasteiger partial charge in [-0.2, -0.15) is 0 Å². The van der Waals surface area contributed by atoms with Gasteiger partial charge in [0.15, 0.2) is 6.29 Å². The molecule has 1 amide bonds. The summed E-state index contributed by atoms with van der Waals surface area (Å²) in [6.45, 7) is 6.00. The maximum absolute atomic E-state index is 13.5. The SMILES string of the molecule is CC1(C)CN(C(=O)c2ccc(F)cc2)C=C(C=O)c2[nH]c3cc(N(Cc4ccccc4)Cc4ccccc4)ccc3c21. The van der Waals surface area contributed by atoms with Gasteiger partial charge in [-0.05, 0) is 53.1 Å². The van der Waals surface area contributed by atoms with Crippen LogP contribution < -0.4 is 4.90 Å². The number of H-pyrrole nitrogens is 1. The van der Waals surface area contributed by atoms with Crippen LogP contribution in [0, 0.1) is 5.82 Å². The summed E-state index contributed by atoms with van der Waals surface area (Å²) in [5.41, 5.74) is 6.42. The summed E-state index contributed by atoms with van der Waals surface area (Å²) in [6, 6.07) is 32.7. The van der Waals surface area contributed by atoms with Crippen molar-refractivity contribution in [1.82, 2.24) is 9.88 Å². The molecule has 0 spiro atoms. The van der Waals surface area contributed by atoms with Crippen molar-refractivity contribution >= 4 is 34.4 Å². The van der Waals surface area contributed by atoms with Crippen molar-refractivity contribution in [1.29, 1.82) is 0 Å². The lowest BCUT2D eigenvalue weighted by atomic mass is 9.81. The fraction of sp³-hybridized carbons (Fsp3) is 0.167. The van der Waals surface area contributed by atoms with E-state index in [0.717, 1.165) is 41.5 Å². The Kier molecular flexibility index (Phi) is 7.21. The highest BCUT2D eigenvalue weighted by molar-refractivity contribution is 6.11. The number of hydrogen-bond donors (Lipinski definition) is 1. The molecule has 0 atom stereocenters. The molecule has 1 aliphatic heterocycles. The number of fused-ring (bicyclic) bond motifs is 3. The Balaban J connectivity index is 1.40. The fourth-order valence-corrected chi connectivity index (χ4v) is 5.91. The summed E-state index contributed by atoms with van der Waals surface area (Å²) in [5, 5.41) is 1.02. The molecule has 0 fully saturated rings. The number of benzene rings is 4. The van der Waals surface area contributed by atoms with Gasteiger partial charge in [-0.3, -0.25) is 9.59 Å². The molecule has 5 aromatic rings. The molecule has 0 unspecified atom stereocenters. The molecular formula is C36H32FN3O2. The second-order valence-electron chi connectivity index (χ2n) is 11.5. The summed E-state index contributed by atoms with van der Waals surface area (Å²) in [6.07, 6.45) is 2.40. The Labute approximate surface area is 244 Å². The summed E-state index contributed by atoms with van der Waals surface area (Å²) in [7, 11) is 0. The van der Waals surface area contributed by atoms with E-state index < -0.39 is 11.2 Å². The van der Waals surface area contributed by atoms with Crippen LogP contribution >= 0.6 is 0 Å². The van der Waals surface area contributed by atoms with Gasteiger partial charge in [0, 0.05) is 53.4 Å². The smallest absolute Gasteiger partial charge is 0.257 e. The molecule has 1 N–H and O–H groups in total. The predicted octanol–water partition coefficient (Wildman–Crippen LogP) is 7.49. The fourth-order valence-electron chi connectivity index (χ4n) is 5.91. The highest BCUT2D eigenvalue weighted by Gasteiger charge is 2.35. The highest BCUT2D eigenvalue weighted by Crippen LogP contribution is 2.41. The number of aromatic amines is 1. The Bertz CT molecular complexity index is 1730. The van der Waals surface area contributed by atoms with Crippen LogP contribution in [0.1, 0.15) is 46.6 Å². The van der Waals surface area contributed by atoms with Crippen LogP contribution in [-0.4, -0.2) is 28.6 Å². The van der Waals surface area contributed by atoms with Gasteiger partial charge >= 0.3 is 0 Å². The standard InChI is InChI=1S/C36H32FN3O2/c1-36(2)24-40(35(42)27-13-15-29(37)16-14-27)22-28(23-41)34-33(36)31-18-17-30(19-32(31)38-34)39(20-25-9-5-3-6-10-25)21-26-11-7-4-8-12-26/h3-19,22-23,38H,20-21,24H2,1-2H3. The minimum atomic E-state index is -0.486. The number of carbonyl (C=O) groups is 2. The van der Waals surface area contributed by atoms with Crippen LogP contribution in [-0.2, 0) is 23.3 Å². The number of anilines is 1. The van der Waals surface area contributed by atoms with Gasteiger partial charge in [-0.1, -0.05) is 80.6 Å². The number of carbonyl (C=O) groups excluding carboxylic acids is 2. The van der Waals surface area contributed by atoms with Crippen molar-refractivity contribution in [2.75, 3.05) is 11.4 Å². The van der Waals surface area contributed by atoms with E-state index in [0.29, 0.717) is 23.4 Å². The van der Waals surface area contributed by atoms with Crippen LogP contribution in [0.2, 0.25) is 0 Å². The molecule has 0 radical (unpaired) electrons. The maximum atomic E-state index is 13.5. The molecule has 2 heterocycles. The van der Waals surface area contributed by atoms with Crippen LogP contribution in [0.25, 0.3) is 16.5 Å². The molecule has 0 aliphatic carbocycles. The van der Waals surface area contributed by atoms with Crippen LogP contribution in [0.3, 0.4) is 0 Å². The number of aldehydes is 1. The lowest BCUT2D eigenvalue weighted by Gasteiger charge is -2.30. The quantitative estimate of drug-likeness (QED) is 0.211. The summed E-state index contributed by atoms with van der Waals surface area (Å²) < 4.78 is 13.5. The third-order valence-corrected chi connectivity index (χ3v) is 7.88. The molecule has 5 nitrogen and oxygen atoms in total. The number of nitrogens with one attached hydrogen (secondary N) is 1. The molecule has 6 rings (SSSR count). The highest BCUT2D eigenvalue weighted by atomic mass is 19.1. The van der Waals surface area contributed by atoms with Crippen molar-refractivity contribution in [3.8, 4) is 0 Å². The molecule has 210 valence electrons. The first kappa shape index (κ1) is 27.2. The van der Waals surface area contributed by atoms with Gasteiger partial charge < -0.3 is 14.8 Å². The second kappa shape index (κ2) is 11.1. The normalized spacial score (nSPS) is 14.2. The van der Waals surface area contributed by atoms with Gasteiger partial charge in [0.2, 0.25) is 0 Å². The van der Waals surface area contributed by atoms with Gasteiger partial charge in [0.05, 0.1) is 11.3 Å². The zero-order valence-electron chi connectivity index (χ0n) is 23.7. The van der Waals surface area contributed by atoms with Gasteiger partial charge in [-0.15, -0.1) is 0 Å². The largest absolute Gasteiger partial charge is 0.363 e. The molecule has 6 heteroatoms. The first-order valence-corrected chi connectivity index (χ1v) is 14.1. The molecule has 4 aromatic carbocycles. The van der Waals surface area contributed by atoms with E-state index in [1.54, 1.807) is 11.1 Å². The van der Waals surface area contributed by atoms with E-state index in [-0.39, 0.29) is 5.91 Å². The van der Waals surface area contributed by atoms with Gasteiger partial charge in [-0.25, -0.2) is 4.39 Å². The summed E-state index contributed by atoms with van der Waals surface area (Å²) >= 11 is 0. The van der Waals surface area contributed by atoms with Crippen molar-refractivity contribution in [3.05, 3.63) is 143 Å². The summed E-state index contributed by atoms with van der Waals surface area (Å²) in [4.78, 5) is 33.2. The van der Waals surface area contributed by atoms with E-state index in [4.69, 9.17) is 0 Å². The Morgan fingerprint density at radius 2 is 1.52 bits per heavy atom. The lowest BCUT2D eigenvalue weighted by molar-refractivity contribution is -0.103. The van der Waals surface area contributed by atoms with Crippen LogP contribution in [0.15, 0.2) is 109 Å². The number of allylic oxidation sites excluding steroid dienone is 1. The van der Waals surface area contributed by atoms with Gasteiger partial charge in [0.25, 0.3) is 5.91 Å².